The molecule has 2 aliphatic rings. The van der Waals surface area contributed by atoms with Gasteiger partial charge >= 0.3 is 124 Å². The average molecular weight is 432 g/mol. The summed E-state index contributed by atoms with van der Waals surface area (Å²) < 4.78 is 0.698. The zero-order valence-corrected chi connectivity index (χ0v) is 16.4. The Labute approximate surface area is 123 Å². The Bertz CT molecular complexity index is 198. The molecule has 2 aliphatic carbocycles. The van der Waals surface area contributed by atoms with Crippen molar-refractivity contribution in [3.63, 3.8) is 0 Å². The Morgan fingerprint density at radius 2 is 1.12 bits per heavy atom. The van der Waals surface area contributed by atoms with Gasteiger partial charge in [-0.1, -0.05) is 0 Å². The minimum atomic E-state index is 0.698. The van der Waals surface area contributed by atoms with Crippen LogP contribution in [0, 0.1) is 17.8 Å². The molecule has 2 fully saturated rings. The van der Waals surface area contributed by atoms with Gasteiger partial charge < -0.3 is 0 Å². The van der Waals surface area contributed by atoms with Gasteiger partial charge in [-0.15, -0.1) is 0 Å². The summed E-state index contributed by atoms with van der Waals surface area (Å²) in [7, 11) is 0. The van der Waals surface area contributed by atoms with Gasteiger partial charge in [0.25, 0.3) is 0 Å². The van der Waals surface area contributed by atoms with Crippen LogP contribution in [0.4, 0.5) is 0 Å². The molecule has 0 nitrogen and oxygen atoms in total. The molecule has 0 saturated heterocycles. The van der Waals surface area contributed by atoms with Crippen LogP contribution in [0.1, 0.15) is 78.1 Å². The zero-order chi connectivity index (χ0) is 12.3. The van der Waals surface area contributed by atoms with E-state index in [2.05, 4.69) is 13.8 Å². The molecule has 2 rings (SSSR count). The van der Waals surface area contributed by atoms with Crippen molar-refractivity contribution >= 4 is 24.7 Å². The molecular formula is C16H31Bi. The summed E-state index contributed by atoms with van der Waals surface area (Å²) in [6, 6.07) is 0. The third-order valence-corrected chi connectivity index (χ3v) is 6.67. The normalized spacial score (nSPS) is 25.4. The molecule has 0 atom stereocenters. The van der Waals surface area contributed by atoms with E-state index in [-0.39, 0.29) is 0 Å². The van der Waals surface area contributed by atoms with Gasteiger partial charge in [-0.2, -0.15) is 0 Å². The van der Waals surface area contributed by atoms with Crippen LogP contribution in [0.15, 0.2) is 0 Å². The summed E-state index contributed by atoms with van der Waals surface area (Å²) >= 11 is 1.15. The molecular weight excluding hydrogens is 401 g/mol. The van der Waals surface area contributed by atoms with Crippen molar-refractivity contribution in [3.05, 3.63) is 0 Å². The Morgan fingerprint density at radius 3 is 1.41 bits per heavy atom. The molecule has 0 radical (unpaired) electrons. The molecule has 0 bridgehead atoms. The van der Waals surface area contributed by atoms with Crippen LogP contribution in [-0.2, 0) is 0 Å². The number of hydrogen-bond donors (Lipinski definition) is 0. The van der Waals surface area contributed by atoms with Crippen molar-refractivity contribution in [2.45, 2.75) is 81.2 Å². The molecule has 0 aromatic rings. The molecule has 1 heteroatoms. The van der Waals surface area contributed by atoms with Crippen molar-refractivity contribution in [1.82, 2.24) is 0 Å². The van der Waals surface area contributed by atoms with Gasteiger partial charge in [0.2, 0.25) is 0 Å². The van der Waals surface area contributed by atoms with Crippen LogP contribution in [0.5, 0.6) is 0 Å². The monoisotopic (exact) mass is 432 g/mol. The van der Waals surface area contributed by atoms with E-state index >= 15 is 0 Å². The van der Waals surface area contributed by atoms with Crippen molar-refractivity contribution in [3.8, 4) is 0 Å². The standard InChI is InChI=1S/C16H29.Bi.2H/c1-13(2)16(14-9-5-3-6-10-14)15-11-7-4-8-12-15;;;/h14-16H,3-12H2,1-2H3;;;. The van der Waals surface area contributed by atoms with E-state index < -0.39 is 0 Å². The topological polar surface area (TPSA) is 0 Å². The van der Waals surface area contributed by atoms with E-state index in [9.17, 15) is 0 Å². The van der Waals surface area contributed by atoms with E-state index in [0.29, 0.717) is 3.12 Å². The van der Waals surface area contributed by atoms with Gasteiger partial charge in [0, 0.05) is 0 Å². The Kier molecular flexibility index (Phi) is 5.35. The third-order valence-electron chi connectivity index (χ3n) is 5.17. The van der Waals surface area contributed by atoms with Gasteiger partial charge in [0.1, 0.15) is 0 Å². The second kappa shape index (κ2) is 6.36. The molecule has 17 heavy (non-hydrogen) atoms. The fraction of sp³-hybridized carbons (Fsp3) is 1.00. The van der Waals surface area contributed by atoms with Gasteiger partial charge in [-0.25, -0.2) is 0 Å². The molecule has 100 valence electrons. The quantitative estimate of drug-likeness (QED) is 0.572. The Hall–Kier alpha value is 0.883. The zero-order valence-electron chi connectivity index (χ0n) is 11.9. The molecule has 0 aliphatic heterocycles. The van der Waals surface area contributed by atoms with Crippen LogP contribution < -0.4 is 0 Å². The van der Waals surface area contributed by atoms with E-state index in [1.807, 2.05) is 0 Å². The van der Waals surface area contributed by atoms with Gasteiger partial charge in [-0.05, 0) is 0 Å². The van der Waals surface area contributed by atoms with Crippen LogP contribution in [0.2, 0.25) is 3.12 Å². The summed E-state index contributed by atoms with van der Waals surface area (Å²) in [5.41, 5.74) is 0. The number of hydrogen-bond acceptors (Lipinski definition) is 0. The van der Waals surface area contributed by atoms with Crippen LogP contribution in [-0.4, -0.2) is 24.7 Å². The second-order valence-electron chi connectivity index (χ2n) is 7.14. The van der Waals surface area contributed by atoms with Gasteiger partial charge in [0.15, 0.2) is 0 Å². The molecule has 2 saturated carbocycles. The van der Waals surface area contributed by atoms with Crippen molar-refractivity contribution < 1.29 is 0 Å². The maximum absolute atomic E-state index is 2.57. The van der Waals surface area contributed by atoms with E-state index in [4.69, 9.17) is 0 Å². The summed E-state index contributed by atoms with van der Waals surface area (Å²) in [6.07, 6.45) is 15.3. The molecule has 0 unspecified atom stereocenters. The van der Waals surface area contributed by atoms with Crippen LogP contribution in [0.25, 0.3) is 0 Å². The SMILES string of the molecule is C[C](C)([BiH2])C(C1CCCCC1)C1CCCCC1. The Morgan fingerprint density at radius 1 is 0.765 bits per heavy atom. The van der Waals surface area contributed by atoms with Crippen molar-refractivity contribution in [2.24, 2.45) is 17.8 Å². The number of rotatable bonds is 3. The first kappa shape index (κ1) is 14.3. The molecule has 0 N–H and O–H groups in total. The van der Waals surface area contributed by atoms with Gasteiger partial charge in [0.05, 0.1) is 0 Å². The van der Waals surface area contributed by atoms with E-state index in [1.165, 1.54) is 38.5 Å². The fourth-order valence-electron chi connectivity index (χ4n) is 4.59. The third kappa shape index (κ3) is 3.92. The minimum absolute atomic E-state index is 0.698. The maximum atomic E-state index is 2.57. The summed E-state index contributed by atoms with van der Waals surface area (Å²) in [6.45, 7) is 5.15. The molecule has 0 amide bonds. The predicted octanol–water partition coefficient (Wildman–Crippen LogP) is 4.59. The van der Waals surface area contributed by atoms with Crippen LogP contribution in [0.3, 0.4) is 0 Å². The first-order valence-electron chi connectivity index (χ1n) is 7.88. The molecule has 0 spiro atoms. The van der Waals surface area contributed by atoms with Gasteiger partial charge in [-0.3, -0.25) is 0 Å². The van der Waals surface area contributed by atoms with Crippen LogP contribution >= 0.6 is 0 Å². The first-order valence-corrected chi connectivity index (χ1v) is 10.1. The molecule has 0 aromatic heterocycles. The van der Waals surface area contributed by atoms with Crippen molar-refractivity contribution in [2.75, 3.05) is 0 Å². The molecule has 0 heterocycles. The van der Waals surface area contributed by atoms with E-state index in [0.717, 1.165) is 42.5 Å². The fourth-order valence-corrected chi connectivity index (χ4v) is 6.70. The summed E-state index contributed by atoms with van der Waals surface area (Å²) in [5, 5.41) is 0. The molecule has 0 aromatic carbocycles. The first-order chi connectivity index (χ1) is 8.09. The average Bonchev–Trinajstić information content (AvgIpc) is 2.30. The predicted molar refractivity (Wildman–Crippen MR) is 79.2 cm³/mol. The van der Waals surface area contributed by atoms with E-state index in [1.54, 1.807) is 25.7 Å². The second-order valence-corrected chi connectivity index (χ2v) is 12.9. The van der Waals surface area contributed by atoms with Crippen molar-refractivity contribution in [1.29, 1.82) is 0 Å². The summed E-state index contributed by atoms with van der Waals surface area (Å²) in [5.74, 6) is 3.26. The summed E-state index contributed by atoms with van der Waals surface area (Å²) in [4.78, 5) is 0. The Balaban J connectivity index is 2.06.